The molecule has 1 aliphatic rings. The molecule has 0 saturated carbocycles. The van der Waals surface area contributed by atoms with Gasteiger partial charge in [0, 0.05) is 25.3 Å². The highest BCUT2D eigenvalue weighted by molar-refractivity contribution is 7.08. The molecule has 5 nitrogen and oxygen atoms in total. The average molecular weight is 316 g/mol. The Morgan fingerprint density at radius 1 is 1.27 bits per heavy atom. The molecule has 2 aromatic rings. The largest absolute Gasteiger partial charge is 0.372 e. The minimum Gasteiger partial charge on any atom is -0.372 e. The number of nitrogens with one attached hydrogen (secondary N) is 1. The van der Waals surface area contributed by atoms with E-state index in [1.165, 1.54) is 18.5 Å². The van der Waals surface area contributed by atoms with Crippen molar-refractivity contribution in [1.29, 1.82) is 0 Å². The average Bonchev–Trinajstić information content (AvgIpc) is 3.24. The lowest BCUT2D eigenvalue weighted by molar-refractivity contribution is 0.0954. The zero-order valence-electron chi connectivity index (χ0n) is 12.7. The summed E-state index contributed by atoms with van der Waals surface area (Å²) in [5.74, 6) is -0.0875. The maximum atomic E-state index is 12.1. The highest BCUT2D eigenvalue weighted by atomic mass is 32.1. The van der Waals surface area contributed by atoms with Gasteiger partial charge in [0.1, 0.15) is 4.88 Å². The van der Waals surface area contributed by atoms with Crippen LogP contribution in [0.2, 0.25) is 0 Å². The topological polar surface area (TPSA) is 58.1 Å². The number of nitrogens with zero attached hydrogens (tertiary/aromatic N) is 3. The fourth-order valence-corrected chi connectivity index (χ4v) is 3.34. The van der Waals surface area contributed by atoms with Gasteiger partial charge in [-0.15, -0.1) is 5.10 Å². The van der Waals surface area contributed by atoms with Gasteiger partial charge >= 0.3 is 0 Å². The Morgan fingerprint density at radius 3 is 2.68 bits per heavy atom. The van der Waals surface area contributed by atoms with Gasteiger partial charge in [0.2, 0.25) is 0 Å². The molecule has 1 fully saturated rings. The molecule has 1 aliphatic heterocycles. The standard InChI is InChI=1S/C16H20N4OS/c1-2-14-15(22-19-18-14)16(21)17-11-12-5-7-13(8-6-12)20-9-3-4-10-20/h5-8H,2-4,9-11H2,1H3,(H,17,21). The predicted octanol–water partition coefficient (Wildman–Crippen LogP) is 2.63. The number of hydrogen-bond acceptors (Lipinski definition) is 5. The van der Waals surface area contributed by atoms with Crippen LogP contribution in [0.25, 0.3) is 0 Å². The van der Waals surface area contributed by atoms with Crippen LogP contribution in [-0.4, -0.2) is 28.6 Å². The first-order chi connectivity index (χ1) is 10.8. The van der Waals surface area contributed by atoms with Gasteiger partial charge in [0.15, 0.2) is 0 Å². The van der Waals surface area contributed by atoms with Crippen LogP contribution < -0.4 is 10.2 Å². The van der Waals surface area contributed by atoms with Crippen molar-refractivity contribution < 1.29 is 4.79 Å². The van der Waals surface area contributed by atoms with Crippen molar-refractivity contribution in [3.8, 4) is 0 Å². The van der Waals surface area contributed by atoms with E-state index >= 15 is 0 Å². The summed E-state index contributed by atoms with van der Waals surface area (Å²) in [6.07, 6.45) is 3.28. The summed E-state index contributed by atoms with van der Waals surface area (Å²) in [7, 11) is 0. The molecule has 116 valence electrons. The third-order valence-electron chi connectivity index (χ3n) is 3.96. The smallest absolute Gasteiger partial charge is 0.265 e. The Morgan fingerprint density at radius 2 is 2.00 bits per heavy atom. The van der Waals surface area contributed by atoms with Gasteiger partial charge < -0.3 is 10.2 Å². The van der Waals surface area contributed by atoms with E-state index in [2.05, 4.69) is 44.1 Å². The quantitative estimate of drug-likeness (QED) is 0.921. The maximum Gasteiger partial charge on any atom is 0.265 e. The Labute approximate surface area is 134 Å². The van der Waals surface area contributed by atoms with Crippen LogP contribution in [0, 0.1) is 0 Å². The summed E-state index contributed by atoms with van der Waals surface area (Å²) in [4.78, 5) is 15.2. The van der Waals surface area contributed by atoms with E-state index < -0.39 is 0 Å². The SMILES string of the molecule is CCc1nnsc1C(=O)NCc1ccc(N2CCCC2)cc1. The van der Waals surface area contributed by atoms with Crippen LogP contribution in [0.5, 0.6) is 0 Å². The van der Waals surface area contributed by atoms with E-state index in [4.69, 9.17) is 0 Å². The summed E-state index contributed by atoms with van der Waals surface area (Å²) in [6.45, 7) is 4.80. The number of amides is 1. The number of aromatic nitrogens is 2. The molecule has 0 atom stereocenters. The van der Waals surface area contributed by atoms with Gasteiger partial charge in [0.05, 0.1) is 5.69 Å². The van der Waals surface area contributed by atoms with Crippen LogP contribution in [0.15, 0.2) is 24.3 Å². The number of benzene rings is 1. The van der Waals surface area contributed by atoms with Gasteiger partial charge in [-0.05, 0) is 48.5 Å². The van der Waals surface area contributed by atoms with Gasteiger partial charge in [-0.25, -0.2) is 0 Å². The summed E-state index contributed by atoms with van der Waals surface area (Å²) in [6, 6.07) is 8.44. The highest BCUT2D eigenvalue weighted by Crippen LogP contribution is 2.20. The second kappa shape index (κ2) is 6.87. The van der Waals surface area contributed by atoms with E-state index in [-0.39, 0.29) is 5.91 Å². The molecule has 0 radical (unpaired) electrons. The molecular formula is C16H20N4OS. The summed E-state index contributed by atoms with van der Waals surface area (Å²) in [5, 5.41) is 6.91. The molecule has 2 heterocycles. The van der Waals surface area contributed by atoms with Crippen molar-refractivity contribution in [2.24, 2.45) is 0 Å². The summed E-state index contributed by atoms with van der Waals surface area (Å²) in [5.41, 5.74) is 3.14. The molecule has 0 aliphatic carbocycles. The Bertz CT molecular complexity index is 632. The molecule has 0 spiro atoms. The lowest BCUT2D eigenvalue weighted by Gasteiger charge is -2.17. The van der Waals surface area contributed by atoms with Crippen molar-refractivity contribution in [1.82, 2.24) is 14.9 Å². The van der Waals surface area contributed by atoms with E-state index in [1.54, 1.807) is 0 Å². The van der Waals surface area contributed by atoms with Crippen molar-refractivity contribution >= 4 is 23.1 Å². The van der Waals surface area contributed by atoms with Crippen molar-refractivity contribution in [2.45, 2.75) is 32.7 Å². The second-order valence-electron chi connectivity index (χ2n) is 5.45. The monoisotopic (exact) mass is 316 g/mol. The van der Waals surface area contributed by atoms with Crippen molar-refractivity contribution in [2.75, 3.05) is 18.0 Å². The van der Waals surface area contributed by atoms with Gasteiger partial charge in [-0.1, -0.05) is 23.5 Å². The first-order valence-corrected chi connectivity index (χ1v) is 8.48. The number of hydrogen-bond donors (Lipinski definition) is 1. The minimum atomic E-state index is -0.0875. The number of anilines is 1. The molecule has 6 heteroatoms. The molecule has 1 saturated heterocycles. The Hall–Kier alpha value is -1.95. The number of aryl methyl sites for hydroxylation is 1. The number of carbonyl (C=O) groups excluding carboxylic acids is 1. The maximum absolute atomic E-state index is 12.1. The fourth-order valence-electron chi connectivity index (χ4n) is 2.67. The second-order valence-corrected chi connectivity index (χ2v) is 6.20. The van der Waals surface area contributed by atoms with Crippen LogP contribution in [0.4, 0.5) is 5.69 Å². The van der Waals surface area contributed by atoms with Crippen LogP contribution in [0.3, 0.4) is 0 Å². The molecule has 0 bridgehead atoms. The van der Waals surface area contributed by atoms with Crippen LogP contribution in [-0.2, 0) is 13.0 Å². The molecule has 3 rings (SSSR count). The van der Waals surface area contributed by atoms with Gasteiger partial charge in [-0.3, -0.25) is 4.79 Å². The molecule has 1 amide bonds. The van der Waals surface area contributed by atoms with Crippen molar-refractivity contribution in [3.05, 3.63) is 40.4 Å². The zero-order chi connectivity index (χ0) is 15.4. The Kier molecular flexibility index (Phi) is 4.68. The molecule has 22 heavy (non-hydrogen) atoms. The lowest BCUT2D eigenvalue weighted by Crippen LogP contribution is -2.23. The third-order valence-corrected chi connectivity index (χ3v) is 4.72. The molecule has 1 N–H and O–H groups in total. The van der Waals surface area contributed by atoms with Crippen LogP contribution in [0.1, 0.15) is 40.7 Å². The van der Waals surface area contributed by atoms with E-state index in [9.17, 15) is 4.79 Å². The zero-order valence-corrected chi connectivity index (χ0v) is 13.5. The van der Waals surface area contributed by atoms with Gasteiger partial charge in [-0.2, -0.15) is 0 Å². The summed E-state index contributed by atoms with van der Waals surface area (Å²) >= 11 is 1.16. The van der Waals surface area contributed by atoms with Crippen LogP contribution >= 0.6 is 11.5 Å². The first kappa shape index (κ1) is 15.0. The molecule has 1 aromatic heterocycles. The first-order valence-electron chi connectivity index (χ1n) is 7.71. The van der Waals surface area contributed by atoms with E-state index in [0.717, 1.165) is 42.3 Å². The molecule has 1 aromatic carbocycles. The van der Waals surface area contributed by atoms with E-state index in [1.807, 2.05) is 6.92 Å². The highest BCUT2D eigenvalue weighted by Gasteiger charge is 2.15. The molecular weight excluding hydrogens is 296 g/mol. The van der Waals surface area contributed by atoms with Crippen molar-refractivity contribution in [3.63, 3.8) is 0 Å². The number of rotatable bonds is 5. The normalized spacial score (nSPS) is 14.3. The number of carbonyl (C=O) groups is 1. The third kappa shape index (κ3) is 3.27. The minimum absolute atomic E-state index is 0.0875. The van der Waals surface area contributed by atoms with Gasteiger partial charge in [0.25, 0.3) is 5.91 Å². The fraction of sp³-hybridized carbons (Fsp3) is 0.438. The molecule has 0 unspecified atom stereocenters. The lowest BCUT2D eigenvalue weighted by atomic mass is 10.2. The van der Waals surface area contributed by atoms with E-state index in [0.29, 0.717) is 11.4 Å². The Balaban J connectivity index is 1.58. The predicted molar refractivity (Wildman–Crippen MR) is 88.3 cm³/mol. The summed E-state index contributed by atoms with van der Waals surface area (Å²) < 4.78 is 3.85.